The Bertz CT molecular complexity index is 3660. The molecule has 46 nitrogen and oxygen atoms in total. The molecule has 0 bridgehead atoms. The molecule has 0 saturated carbocycles. The van der Waals surface area contributed by atoms with E-state index in [0.29, 0.717) is 25.8 Å². The van der Waals surface area contributed by atoms with Gasteiger partial charge in [-0.3, -0.25) is 95.9 Å². The lowest BCUT2D eigenvalue weighted by Crippen LogP contribution is -2.61. The lowest BCUT2D eigenvalue weighted by Gasteiger charge is -2.29. The van der Waals surface area contributed by atoms with Gasteiger partial charge in [0.15, 0.2) is 0 Å². The fourth-order valence-electron chi connectivity index (χ4n) is 13.1. The molecule has 15 atom stereocenters. The summed E-state index contributed by atoms with van der Waals surface area (Å²) in [6, 6.07) is -24.6. The molecule has 1 rings (SSSR count). The molecule has 0 radical (unpaired) electrons. The van der Waals surface area contributed by atoms with Crippen molar-refractivity contribution < 1.29 is 111 Å². The Morgan fingerprint density at radius 3 is 1.22 bits per heavy atom. The quantitative estimate of drug-likeness (QED) is 0.0252. The van der Waals surface area contributed by atoms with E-state index in [1.807, 2.05) is 0 Å². The first-order chi connectivity index (χ1) is 59.1. The number of nitrogens with two attached hydrogens (primary N) is 8. The molecule has 4 unspecified atom stereocenters. The van der Waals surface area contributed by atoms with Crippen LogP contribution >= 0.6 is 0 Å². The highest BCUT2D eigenvalue weighted by Gasteiger charge is 2.40. The Morgan fingerprint density at radius 2 is 0.770 bits per heavy atom. The molecule has 0 aromatic rings. The van der Waals surface area contributed by atoms with Gasteiger partial charge in [-0.1, -0.05) is 61.8 Å². The Kier molecular flexibility index (Phi) is 54.0. The minimum absolute atomic E-state index is 0.00344. The van der Waals surface area contributed by atoms with E-state index in [2.05, 4.69) is 79.8 Å². The second-order valence-corrected chi connectivity index (χ2v) is 33.3. The Morgan fingerprint density at radius 1 is 0.389 bits per heavy atom. The molecule has 0 aromatic carbocycles. The van der Waals surface area contributed by atoms with Crippen molar-refractivity contribution in [3.8, 4) is 0 Å². The van der Waals surface area contributed by atoms with Crippen LogP contribution in [0.4, 0.5) is 0 Å². The van der Waals surface area contributed by atoms with Gasteiger partial charge in [-0.2, -0.15) is 0 Å². The molecular formula is C80H141N23O23. The van der Waals surface area contributed by atoms with Gasteiger partial charge in [0, 0.05) is 38.6 Å². The first kappa shape index (κ1) is 113. The van der Waals surface area contributed by atoms with E-state index < -0.39 is 303 Å². The van der Waals surface area contributed by atoms with Gasteiger partial charge < -0.3 is 136 Å². The first-order valence-corrected chi connectivity index (χ1v) is 43.1. The molecule has 19 amide bonds. The summed E-state index contributed by atoms with van der Waals surface area (Å²) in [6.45, 7) is 14.9. The zero-order valence-corrected chi connectivity index (χ0v) is 74.0. The van der Waals surface area contributed by atoms with Crippen LogP contribution in [0.15, 0.2) is 0 Å². The van der Waals surface area contributed by atoms with Crippen LogP contribution in [0.5, 0.6) is 0 Å². The Labute approximate surface area is 734 Å². The number of carboxylic acid groups (broad SMARTS) is 2. The molecule has 126 heavy (non-hydrogen) atoms. The van der Waals surface area contributed by atoms with Crippen LogP contribution in [-0.2, 0) is 101 Å². The highest BCUT2D eigenvalue weighted by atomic mass is 16.4. The van der Waals surface area contributed by atoms with Crippen molar-refractivity contribution >= 4 is 124 Å². The normalized spacial score (nSPS) is 21.1. The van der Waals surface area contributed by atoms with Crippen LogP contribution in [0.25, 0.3) is 0 Å². The molecule has 0 spiro atoms. The monoisotopic (exact) mass is 1790 g/mol. The topological polar surface area (TPSA) is 788 Å². The summed E-state index contributed by atoms with van der Waals surface area (Å²) in [5.74, 6) is -24.5. The summed E-state index contributed by atoms with van der Waals surface area (Å²) in [6.07, 6.45) is -6.20. The third-order valence-corrected chi connectivity index (χ3v) is 20.0. The molecule has 0 aliphatic carbocycles. The molecule has 0 aromatic heterocycles. The number of primary amides is 4. The molecule has 46 heteroatoms. The van der Waals surface area contributed by atoms with Gasteiger partial charge in [-0.05, 0) is 179 Å². The minimum Gasteiger partial charge on any atom is -0.481 e. The summed E-state index contributed by atoms with van der Waals surface area (Å²) < 4.78 is 0. The third-order valence-electron chi connectivity index (χ3n) is 20.0. The second-order valence-electron chi connectivity index (χ2n) is 33.3. The summed E-state index contributed by atoms with van der Waals surface area (Å²) in [7, 11) is 0. The van der Waals surface area contributed by atoms with E-state index in [1.54, 1.807) is 55.4 Å². The molecular weight excluding hydrogens is 1650 g/mol. The molecule has 1 saturated heterocycles. The van der Waals surface area contributed by atoms with Gasteiger partial charge in [-0.15, -0.1) is 0 Å². The van der Waals surface area contributed by atoms with Crippen molar-refractivity contribution in [2.45, 2.75) is 326 Å². The predicted molar refractivity (Wildman–Crippen MR) is 457 cm³/mol. The van der Waals surface area contributed by atoms with Crippen molar-refractivity contribution in [3.63, 3.8) is 0 Å². The number of rotatable bonds is 48. The average molecular weight is 1790 g/mol. The number of hydrogen-bond donors (Lipinski definition) is 25. The molecule has 1 aliphatic heterocycles. The largest absolute Gasteiger partial charge is 0.481 e. The number of nitrogens with one attached hydrogen (secondary N) is 15. The summed E-state index contributed by atoms with van der Waals surface area (Å²) >= 11 is 0. The van der Waals surface area contributed by atoms with E-state index in [-0.39, 0.29) is 109 Å². The number of unbranched alkanes of at least 4 members (excludes halogenated alkanes) is 3. The van der Waals surface area contributed by atoms with Crippen molar-refractivity contribution in [3.05, 3.63) is 0 Å². The van der Waals surface area contributed by atoms with E-state index in [0.717, 1.165) is 0 Å². The number of aliphatic carboxylic acids is 2. The SMILES string of the molecule is CC(C)CC1NC(=O)[C@H](CCCCN)NC(=O)C(CCC(N)=O)NC(=O)[C@H](CCC(N)=O)NC(=O)[C@H](CC(C)C)NC(=O)C(CCC(=O)O)NC(=O)[C@@H](NC(=O)[C@H](CC(C)C)NC(=O)[C@@H](N)CCCCN)CCCCNC(=O)[C@@H](C)NC(=O)CC(C(=O)N[C@@H](CCC(N)=O)C(=O)N[C@@H](CC(C)C)C(=O)N[C@@H](CCCCN)C(=O)N[C@@H](CCC(N)=O)C(=O)O)NC1=O. The fraction of sp³-hybridized carbons (Fsp3) is 0.738. The van der Waals surface area contributed by atoms with Gasteiger partial charge in [0.05, 0.1) is 12.5 Å². The van der Waals surface area contributed by atoms with Crippen LogP contribution in [0.2, 0.25) is 0 Å². The summed E-state index contributed by atoms with van der Waals surface area (Å²) in [5, 5.41) is 57.3. The number of carbonyl (C=O) groups is 21. The van der Waals surface area contributed by atoms with Crippen LogP contribution in [0, 0.1) is 23.7 Å². The van der Waals surface area contributed by atoms with E-state index in [1.165, 1.54) is 6.92 Å². The smallest absolute Gasteiger partial charge is 0.326 e. The average Bonchev–Trinajstić information content (AvgIpc) is 0.852. The number of carboxylic acids is 2. The van der Waals surface area contributed by atoms with Crippen LogP contribution in [-0.4, -0.2) is 251 Å². The van der Waals surface area contributed by atoms with E-state index in [9.17, 15) is 101 Å². The molecule has 1 fully saturated rings. The highest BCUT2D eigenvalue weighted by Crippen LogP contribution is 2.17. The maximum atomic E-state index is 15.1. The van der Waals surface area contributed by atoms with Crippen molar-refractivity contribution in [1.29, 1.82) is 0 Å². The second kappa shape index (κ2) is 60.4. The van der Waals surface area contributed by atoms with Crippen LogP contribution in [0.3, 0.4) is 0 Å². The number of amides is 19. The standard InChI is InChI=1S/C80H141N23O23/c1-41(2)36-55(99-67(112)46(84)18-10-14-32-81)75(120)93-49-21-13-17-35-89-66(111)45(9)90-64(108)40-59(79(124)97-52(24-29-62(87)106)73(118)101-56(37-42(3)4)76(121)92-47(19-11-15-33-82)69(114)98-54(80(125)126)25-30-63(88)107)103-78(123)58(39-44(7)8)100-70(115)48(20-12-16-34-83)91-71(116)50(22-27-60(85)104)94-72(117)51(23-28-61(86)105)96-77(122)57(38-43(5)6)102-74(119)53(95-68(49)113)26-31-65(109)110/h41-59H,10-40,81-84H2,1-9H3,(H2,85,104)(H2,86,105)(H2,87,106)(H2,88,107)(H,89,111)(H,90,108)(H,91,116)(H,92,121)(H,93,120)(H,94,117)(H,95,113)(H,96,122)(H,97,124)(H,98,114)(H,99,112)(H,100,115)(H,101,118)(H,102,119)(H,103,123)(H,109,110)(H,125,126)/t45-,46+,47+,48+,49+,50?,51+,52+,53?,54+,55+,56+,57+,58?,59?/m1/s1. The van der Waals surface area contributed by atoms with Crippen LogP contribution in [0.1, 0.15) is 236 Å². The van der Waals surface area contributed by atoms with Gasteiger partial charge >= 0.3 is 11.9 Å². The van der Waals surface area contributed by atoms with Crippen molar-refractivity contribution in [2.24, 2.45) is 69.5 Å². The Balaban J connectivity index is 4.51. The summed E-state index contributed by atoms with van der Waals surface area (Å²) in [4.78, 5) is 291. The highest BCUT2D eigenvalue weighted by molar-refractivity contribution is 6.02. The first-order valence-electron chi connectivity index (χ1n) is 43.1. The predicted octanol–water partition coefficient (Wildman–Crippen LogP) is -6.61. The number of carbonyl (C=O) groups excluding carboxylic acids is 19. The lowest BCUT2D eigenvalue weighted by molar-refractivity contribution is -0.143. The van der Waals surface area contributed by atoms with Gasteiger partial charge in [0.25, 0.3) is 0 Å². The zero-order chi connectivity index (χ0) is 95.6. The third kappa shape index (κ3) is 47.2. The maximum Gasteiger partial charge on any atom is 0.326 e. The molecule has 1 aliphatic rings. The van der Waals surface area contributed by atoms with Crippen molar-refractivity contribution in [1.82, 2.24) is 79.8 Å². The van der Waals surface area contributed by atoms with Crippen LogP contribution < -0.4 is 126 Å². The Hall–Kier alpha value is -11.3. The van der Waals surface area contributed by atoms with Gasteiger partial charge in [-0.25, -0.2) is 4.79 Å². The maximum absolute atomic E-state index is 15.1. The van der Waals surface area contributed by atoms with Gasteiger partial charge in [0.1, 0.15) is 84.6 Å². The lowest BCUT2D eigenvalue weighted by atomic mass is 10.00. The number of hydrogen-bond acceptors (Lipinski definition) is 25. The molecule has 1 heterocycles. The molecule has 714 valence electrons. The van der Waals surface area contributed by atoms with E-state index in [4.69, 9.17) is 45.9 Å². The fourth-order valence-corrected chi connectivity index (χ4v) is 13.1. The molecule has 33 N–H and O–H groups in total. The zero-order valence-electron chi connectivity index (χ0n) is 74.0. The van der Waals surface area contributed by atoms with E-state index >= 15 is 9.59 Å². The summed E-state index contributed by atoms with van der Waals surface area (Å²) in [5.41, 5.74) is 45.3. The van der Waals surface area contributed by atoms with Gasteiger partial charge in [0.2, 0.25) is 112 Å². The van der Waals surface area contributed by atoms with Crippen molar-refractivity contribution in [2.75, 3.05) is 26.2 Å². The minimum atomic E-state index is -2.11.